The minimum Gasteiger partial charge on any atom is -0.336 e. The van der Waals surface area contributed by atoms with Crippen LogP contribution in [0.25, 0.3) is 0 Å². The van der Waals surface area contributed by atoms with Crippen LogP contribution in [-0.4, -0.2) is 33.9 Å². The number of benzene rings is 2. The molecule has 0 aliphatic carbocycles. The Bertz CT molecular complexity index is 940. The van der Waals surface area contributed by atoms with Gasteiger partial charge in [-0.2, -0.15) is 0 Å². The number of amides is 1. The van der Waals surface area contributed by atoms with Crippen LogP contribution >= 0.6 is 0 Å². The Kier molecular flexibility index (Phi) is 4.59. The van der Waals surface area contributed by atoms with Crippen molar-refractivity contribution in [2.75, 3.05) is 11.9 Å². The molecule has 0 saturated carbocycles. The lowest BCUT2D eigenvalue weighted by molar-refractivity contribution is 0.0779. The van der Waals surface area contributed by atoms with Crippen LogP contribution < -0.4 is 4.90 Å². The predicted molar refractivity (Wildman–Crippen MR) is 106 cm³/mol. The maximum Gasteiger partial charge on any atom is 0.274 e. The van der Waals surface area contributed by atoms with Gasteiger partial charge in [0.1, 0.15) is 5.69 Å². The number of aromatic nitrogens is 2. The zero-order valence-corrected chi connectivity index (χ0v) is 15.5. The van der Waals surface area contributed by atoms with E-state index in [1.165, 1.54) is 11.3 Å². The summed E-state index contributed by atoms with van der Waals surface area (Å²) in [5.74, 6) is 0.641. The zero-order chi connectivity index (χ0) is 18.8. The van der Waals surface area contributed by atoms with Gasteiger partial charge in [0.25, 0.3) is 5.91 Å². The van der Waals surface area contributed by atoms with E-state index in [9.17, 15) is 4.79 Å². The molecule has 1 aromatic heterocycles. The maximum atomic E-state index is 12.7. The first kappa shape index (κ1) is 17.2. The second kappa shape index (κ2) is 7.19. The summed E-state index contributed by atoms with van der Waals surface area (Å²) in [5.41, 5.74) is 3.92. The molecule has 136 valence electrons. The smallest absolute Gasteiger partial charge is 0.274 e. The first-order valence-electron chi connectivity index (χ1n) is 9.12. The predicted octanol–water partition coefficient (Wildman–Crippen LogP) is 3.83. The summed E-state index contributed by atoms with van der Waals surface area (Å²) < 4.78 is 0. The van der Waals surface area contributed by atoms with E-state index in [4.69, 9.17) is 0 Å². The molecule has 0 saturated heterocycles. The fraction of sp³-hybridized carbons (Fsp3) is 0.227. The van der Waals surface area contributed by atoms with E-state index in [2.05, 4.69) is 40.0 Å². The van der Waals surface area contributed by atoms with Gasteiger partial charge in [-0.15, -0.1) is 0 Å². The highest BCUT2D eigenvalue weighted by atomic mass is 16.2. The Morgan fingerprint density at radius 1 is 1.07 bits per heavy atom. The number of fused-ring (bicyclic) bond motifs is 1. The van der Waals surface area contributed by atoms with Crippen LogP contribution in [-0.2, 0) is 13.0 Å². The Morgan fingerprint density at radius 2 is 1.81 bits per heavy atom. The van der Waals surface area contributed by atoms with Crippen LogP contribution in [0, 0.1) is 0 Å². The summed E-state index contributed by atoms with van der Waals surface area (Å²) in [6.45, 7) is 2.72. The van der Waals surface area contributed by atoms with Crippen molar-refractivity contribution in [3.63, 3.8) is 0 Å². The molecule has 1 aliphatic heterocycles. The summed E-state index contributed by atoms with van der Waals surface area (Å²) in [6.07, 6.45) is 4.26. The SMILES string of the molecule is CC1Cc2ccccc2N1c1cnc(C(=O)N(C)Cc2ccccc2)cn1. The molecule has 1 unspecified atom stereocenters. The van der Waals surface area contributed by atoms with Crippen molar-refractivity contribution in [2.45, 2.75) is 25.9 Å². The number of carbonyl (C=O) groups is 1. The van der Waals surface area contributed by atoms with Crippen molar-refractivity contribution in [3.8, 4) is 0 Å². The number of rotatable bonds is 4. The monoisotopic (exact) mass is 358 g/mol. The van der Waals surface area contributed by atoms with Crippen molar-refractivity contribution < 1.29 is 4.79 Å². The minimum absolute atomic E-state index is 0.132. The van der Waals surface area contributed by atoms with Gasteiger partial charge in [-0.3, -0.25) is 4.79 Å². The fourth-order valence-corrected chi connectivity index (χ4v) is 3.60. The molecular formula is C22H22N4O. The van der Waals surface area contributed by atoms with Crippen molar-refractivity contribution >= 4 is 17.4 Å². The number of anilines is 2. The van der Waals surface area contributed by atoms with E-state index in [1.54, 1.807) is 24.3 Å². The molecule has 1 amide bonds. The third kappa shape index (κ3) is 3.40. The zero-order valence-electron chi connectivity index (χ0n) is 15.5. The molecule has 4 rings (SSSR count). The average molecular weight is 358 g/mol. The second-order valence-electron chi connectivity index (χ2n) is 6.96. The molecule has 0 bridgehead atoms. The number of hydrogen-bond donors (Lipinski definition) is 0. The third-order valence-corrected chi connectivity index (χ3v) is 4.92. The lowest BCUT2D eigenvalue weighted by atomic mass is 10.1. The standard InChI is InChI=1S/C22H22N4O/c1-16-12-18-10-6-7-11-20(18)26(16)21-14-23-19(13-24-21)22(27)25(2)15-17-8-4-3-5-9-17/h3-11,13-14,16H,12,15H2,1-2H3. The van der Waals surface area contributed by atoms with Gasteiger partial charge in [0.2, 0.25) is 0 Å². The molecular weight excluding hydrogens is 336 g/mol. The normalized spacial score (nSPS) is 15.5. The molecule has 0 N–H and O–H groups in total. The number of nitrogens with zero attached hydrogens (tertiary/aromatic N) is 4. The van der Waals surface area contributed by atoms with Crippen molar-refractivity contribution in [3.05, 3.63) is 83.8 Å². The molecule has 27 heavy (non-hydrogen) atoms. The van der Waals surface area contributed by atoms with Crippen LogP contribution in [0.5, 0.6) is 0 Å². The van der Waals surface area contributed by atoms with E-state index in [0.717, 1.165) is 17.8 Å². The Morgan fingerprint density at radius 3 is 2.56 bits per heavy atom. The highest BCUT2D eigenvalue weighted by Gasteiger charge is 2.28. The Balaban J connectivity index is 1.51. The fourth-order valence-electron chi connectivity index (χ4n) is 3.60. The van der Waals surface area contributed by atoms with E-state index in [0.29, 0.717) is 18.3 Å². The van der Waals surface area contributed by atoms with E-state index < -0.39 is 0 Å². The molecule has 2 aromatic carbocycles. The van der Waals surface area contributed by atoms with Gasteiger partial charge in [0.05, 0.1) is 12.4 Å². The molecule has 2 heterocycles. The van der Waals surface area contributed by atoms with Crippen LogP contribution in [0.2, 0.25) is 0 Å². The highest BCUT2D eigenvalue weighted by molar-refractivity contribution is 5.92. The molecule has 0 fully saturated rings. The number of carbonyl (C=O) groups excluding carboxylic acids is 1. The first-order valence-corrected chi connectivity index (χ1v) is 9.12. The largest absolute Gasteiger partial charge is 0.336 e. The molecule has 1 atom stereocenters. The van der Waals surface area contributed by atoms with Gasteiger partial charge in [-0.1, -0.05) is 48.5 Å². The summed E-state index contributed by atoms with van der Waals surface area (Å²) in [6, 6.07) is 18.6. The lowest BCUT2D eigenvalue weighted by Crippen LogP contribution is -2.28. The van der Waals surface area contributed by atoms with Gasteiger partial charge in [0, 0.05) is 25.3 Å². The average Bonchev–Trinajstić information content (AvgIpc) is 3.04. The van der Waals surface area contributed by atoms with E-state index in [1.807, 2.05) is 36.4 Å². The van der Waals surface area contributed by atoms with Crippen molar-refractivity contribution in [1.29, 1.82) is 0 Å². The van der Waals surface area contributed by atoms with Crippen molar-refractivity contribution in [1.82, 2.24) is 14.9 Å². The highest BCUT2D eigenvalue weighted by Crippen LogP contribution is 2.36. The molecule has 5 heteroatoms. The first-order chi connectivity index (χ1) is 13.1. The van der Waals surface area contributed by atoms with E-state index in [-0.39, 0.29) is 5.91 Å². The molecule has 5 nitrogen and oxygen atoms in total. The van der Waals surface area contributed by atoms with Gasteiger partial charge in [-0.25, -0.2) is 9.97 Å². The lowest BCUT2D eigenvalue weighted by Gasteiger charge is -2.23. The van der Waals surface area contributed by atoms with Crippen LogP contribution in [0.1, 0.15) is 28.5 Å². The second-order valence-corrected chi connectivity index (χ2v) is 6.96. The van der Waals surface area contributed by atoms with Crippen molar-refractivity contribution in [2.24, 2.45) is 0 Å². The summed E-state index contributed by atoms with van der Waals surface area (Å²) in [5, 5.41) is 0. The number of para-hydroxylation sites is 1. The van der Waals surface area contributed by atoms with Gasteiger partial charge >= 0.3 is 0 Å². The van der Waals surface area contributed by atoms with Crippen LogP contribution in [0.4, 0.5) is 11.5 Å². The molecule has 0 spiro atoms. The summed E-state index contributed by atoms with van der Waals surface area (Å²) >= 11 is 0. The Labute approximate surface area is 159 Å². The number of hydrogen-bond acceptors (Lipinski definition) is 4. The summed E-state index contributed by atoms with van der Waals surface area (Å²) in [4.78, 5) is 25.4. The molecule has 3 aromatic rings. The topological polar surface area (TPSA) is 49.3 Å². The Hall–Kier alpha value is -3.21. The summed E-state index contributed by atoms with van der Waals surface area (Å²) in [7, 11) is 1.78. The van der Waals surface area contributed by atoms with Gasteiger partial charge in [-0.05, 0) is 30.5 Å². The van der Waals surface area contributed by atoms with E-state index >= 15 is 0 Å². The third-order valence-electron chi connectivity index (χ3n) is 4.92. The van der Waals surface area contributed by atoms with Crippen LogP contribution in [0.15, 0.2) is 67.0 Å². The van der Waals surface area contributed by atoms with Gasteiger partial charge in [0.15, 0.2) is 5.82 Å². The van der Waals surface area contributed by atoms with Crippen LogP contribution in [0.3, 0.4) is 0 Å². The minimum atomic E-state index is -0.132. The maximum absolute atomic E-state index is 12.7. The molecule has 0 radical (unpaired) electrons. The quantitative estimate of drug-likeness (QED) is 0.711. The molecule has 1 aliphatic rings. The van der Waals surface area contributed by atoms with Gasteiger partial charge < -0.3 is 9.80 Å².